The molecule has 0 aliphatic carbocycles. The average Bonchev–Trinajstić information content (AvgIpc) is 2.26. The summed E-state index contributed by atoms with van der Waals surface area (Å²) < 4.78 is 13.4. The number of aliphatic hydroxyl groups excluding tert-OH is 1. The fourth-order valence-corrected chi connectivity index (χ4v) is 1.16. The molecule has 1 atom stereocenters. The summed E-state index contributed by atoms with van der Waals surface area (Å²) in [6.07, 6.45) is 0. The number of hydrogen-bond donors (Lipinski definition) is 1. The largest absolute Gasteiger partial charge is 0.396 e. The molecule has 0 aromatic heterocycles. The molecular weight excluding hydrogens is 219 g/mol. The van der Waals surface area contributed by atoms with Crippen LogP contribution in [0.3, 0.4) is 0 Å². The molecule has 0 radical (unpaired) electrons. The predicted octanol–water partition coefficient (Wildman–Crippen LogP) is 2.08. The van der Waals surface area contributed by atoms with Gasteiger partial charge in [0.25, 0.3) is 5.69 Å². The van der Waals surface area contributed by atoms with Gasteiger partial charge in [0.2, 0.25) is 0 Å². The molecule has 84 valence electrons. The molecule has 1 unspecified atom stereocenters. The van der Waals surface area contributed by atoms with Gasteiger partial charge in [-0.3, -0.25) is 10.1 Å². The van der Waals surface area contributed by atoms with Crippen molar-refractivity contribution in [2.75, 3.05) is 6.61 Å². The van der Waals surface area contributed by atoms with Crippen molar-refractivity contribution in [1.29, 1.82) is 0 Å². The molecule has 0 spiro atoms. The molecule has 16 heavy (non-hydrogen) atoms. The number of nitro groups is 1. The van der Waals surface area contributed by atoms with E-state index in [9.17, 15) is 14.5 Å². The highest BCUT2D eigenvalue weighted by molar-refractivity contribution is 5.35. The van der Waals surface area contributed by atoms with Crippen molar-refractivity contribution < 1.29 is 14.4 Å². The molecule has 0 saturated carbocycles. The van der Waals surface area contributed by atoms with Crippen LogP contribution in [0, 0.1) is 15.9 Å². The summed E-state index contributed by atoms with van der Waals surface area (Å²) in [7, 11) is 0. The highest BCUT2D eigenvalue weighted by Gasteiger charge is 2.16. The van der Waals surface area contributed by atoms with Crippen molar-refractivity contribution in [3.05, 3.63) is 50.1 Å². The van der Waals surface area contributed by atoms with Crippen molar-refractivity contribution in [2.45, 2.75) is 6.04 Å². The maximum Gasteiger partial charge on any atom is 0.272 e. The van der Waals surface area contributed by atoms with Crippen LogP contribution in [0.5, 0.6) is 0 Å². The Labute approximate surface area is 88.9 Å². The lowest BCUT2D eigenvalue weighted by Gasteiger charge is -2.08. The van der Waals surface area contributed by atoms with E-state index >= 15 is 0 Å². The molecule has 0 bridgehead atoms. The Kier molecular flexibility index (Phi) is 3.76. The molecule has 7 nitrogen and oxygen atoms in total. The standard InChI is InChI=1S/C8H7FN4O3/c9-7-3-5(13(15)16)1-2-6(7)8(4-14)11-12-10/h1-3,8,14H,4H2. The van der Waals surface area contributed by atoms with Crippen molar-refractivity contribution in [3.63, 3.8) is 0 Å². The molecule has 0 heterocycles. The number of rotatable bonds is 4. The lowest BCUT2D eigenvalue weighted by atomic mass is 10.1. The van der Waals surface area contributed by atoms with E-state index in [2.05, 4.69) is 10.0 Å². The third-order valence-corrected chi connectivity index (χ3v) is 1.92. The Morgan fingerprint density at radius 1 is 1.69 bits per heavy atom. The van der Waals surface area contributed by atoms with Crippen LogP contribution in [0.25, 0.3) is 10.4 Å². The van der Waals surface area contributed by atoms with Gasteiger partial charge in [0.15, 0.2) is 0 Å². The first-order chi connectivity index (χ1) is 7.60. The third kappa shape index (κ3) is 2.44. The highest BCUT2D eigenvalue weighted by Crippen LogP contribution is 2.24. The lowest BCUT2D eigenvalue weighted by Crippen LogP contribution is -2.03. The van der Waals surface area contributed by atoms with E-state index in [1.807, 2.05) is 0 Å². The average molecular weight is 226 g/mol. The number of aliphatic hydroxyl groups is 1. The van der Waals surface area contributed by atoms with Gasteiger partial charge in [0, 0.05) is 11.0 Å². The van der Waals surface area contributed by atoms with Crippen LogP contribution in [-0.4, -0.2) is 16.6 Å². The molecule has 0 aliphatic rings. The minimum Gasteiger partial charge on any atom is -0.396 e. The quantitative estimate of drug-likeness (QED) is 0.278. The van der Waals surface area contributed by atoms with Crippen molar-refractivity contribution in [1.82, 2.24) is 0 Å². The molecule has 1 N–H and O–H groups in total. The van der Waals surface area contributed by atoms with E-state index in [0.29, 0.717) is 6.07 Å². The Bertz CT molecular complexity index is 459. The Balaban J connectivity index is 3.15. The Morgan fingerprint density at radius 3 is 2.81 bits per heavy atom. The topological polar surface area (TPSA) is 112 Å². The third-order valence-electron chi connectivity index (χ3n) is 1.92. The molecule has 1 rings (SSSR count). The van der Waals surface area contributed by atoms with Gasteiger partial charge in [0.05, 0.1) is 23.6 Å². The number of azide groups is 1. The second-order valence-corrected chi connectivity index (χ2v) is 2.87. The SMILES string of the molecule is [N-]=[N+]=NC(CO)c1ccc([N+](=O)[O-])cc1F. The van der Waals surface area contributed by atoms with Crippen LogP contribution >= 0.6 is 0 Å². The number of benzene rings is 1. The van der Waals surface area contributed by atoms with Gasteiger partial charge in [0.1, 0.15) is 5.82 Å². The van der Waals surface area contributed by atoms with Crippen LogP contribution < -0.4 is 0 Å². The zero-order valence-electron chi connectivity index (χ0n) is 7.95. The van der Waals surface area contributed by atoms with E-state index < -0.39 is 29.1 Å². The Morgan fingerprint density at radius 2 is 2.38 bits per heavy atom. The summed E-state index contributed by atoms with van der Waals surface area (Å²) in [5, 5.41) is 22.4. The maximum atomic E-state index is 13.4. The molecular formula is C8H7FN4O3. The summed E-state index contributed by atoms with van der Waals surface area (Å²) in [5.41, 5.74) is 7.70. The highest BCUT2D eigenvalue weighted by atomic mass is 19.1. The van der Waals surface area contributed by atoms with Crippen molar-refractivity contribution in [3.8, 4) is 0 Å². The number of halogens is 1. The fourth-order valence-electron chi connectivity index (χ4n) is 1.16. The minimum atomic E-state index is -1.08. The van der Waals surface area contributed by atoms with Gasteiger partial charge in [-0.05, 0) is 17.2 Å². The lowest BCUT2D eigenvalue weighted by molar-refractivity contribution is -0.385. The molecule has 0 saturated heterocycles. The number of hydrogen-bond acceptors (Lipinski definition) is 4. The molecule has 1 aromatic rings. The van der Waals surface area contributed by atoms with Gasteiger partial charge in [-0.1, -0.05) is 5.11 Å². The van der Waals surface area contributed by atoms with Crippen molar-refractivity contribution >= 4 is 5.69 Å². The zero-order valence-corrected chi connectivity index (χ0v) is 7.95. The van der Waals surface area contributed by atoms with Gasteiger partial charge in [-0.2, -0.15) is 0 Å². The van der Waals surface area contributed by atoms with E-state index in [0.717, 1.165) is 12.1 Å². The smallest absolute Gasteiger partial charge is 0.272 e. The summed E-state index contributed by atoms with van der Waals surface area (Å²) in [6.45, 7) is -0.571. The minimum absolute atomic E-state index is 0.0779. The van der Waals surface area contributed by atoms with Crippen molar-refractivity contribution in [2.24, 2.45) is 5.11 Å². The molecule has 0 amide bonds. The summed E-state index contributed by atoms with van der Waals surface area (Å²) >= 11 is 0. The summed E-state index contributed by atoms with van der Waals surface area (Å²) in [4.78, 5) is 12.0. The second kappa shape index (κ2) is 5.06. The zero-order chi connectivity index (χ0) is 12.1. The first-order valence-electron chi connectivity index (χ1n) is 4.19. The molecule has 1 aromatic carbocycles. The van der Waals surface area contributed by atoms with Gasteiger partial charge in [-0.15, -0.1) is 0 Å². The summed E-state index contributed by atoms with van der Waals surface area (Å²) in [5.74, 6) is -0.888. The normalized spacial score (nSPS) is 11.6. The van der Waals surface area contributed by atoms with Gasteiger partial charge >= 0.3 is 0 Å². The van der Waals surface area contributed by atoms with Crippen LogP contribution in [0.4, 0.5) is 10.1 Å². The van der Waals surface area contributed by atoms with Gasteiger partial charge < -0.3 is 5.11 Å². The molecule has 0 fully saturated rings. The van der Waals surface area contributed by atoms with Crippen LogP contribution in [-0.2, 0) is 0 Å². The molecule has 0 aliphatic heterocycles. The van der Waals surface area contributed by atoms with E-state index in [-0.39, 0.29) is 5.56 Å². The first-order valence-corrected chi connectivity index (χ1v) is 4.19. The van der Waals surface area contributed by atoms with E-state index in [4.69, 9.17) is 10.6 Å². The fraction of sp³-hybridized carbons (Fsp3) is 0.250. The van der Waals surface area contributed by atoms with E-state index in [1.165, 1.54) is 0 Å². The maximum absolute atomic E-state index is 13.4. The van der Waals surface area contributed by atoms with Crippen LogP contribution in [0.2, 0.25) is 0 Å². The second-order valence-electron chi connectivity index (χ2n) is 2.87. The van der Waals surface area contributed by atoms with Crippen LogP contribution in [0.15, 0.2) is 23.3 Å². The van der Waals surface area contributed by atoms with Gasteiger partial charge in [-0.25, -0.2) is 4.39 Å². The summed E-state index contributed by atoms with van der Waals surface area (Å²) in [6, 6.07) is 1.83. The predicted molar refractivity (Wildman–Crippen MR) is 52.0 cm³/mol. The number of nitrogens with zero attached hydrogens (tertiary/aromatic N) is 4. The van der Waals surface area contributed by atoms with E-state index in [1.54, 1.807) is 0 Å². The Hall–Kier alpha value is -2.18. The van der Waals surface area contributed by atoms with Crippen LogP contribution in [0.1, 0.15) is 11.6 Å². The number of non-ortho nitro benzene ring substituents is 1. The molecule has 8 heteroatoms. The first kappa shape index (κ1) is 11.9. The monoisotopic (exact) mass is 226 g/mol. The number of nitro benzene ring substituents is 1.